The molecule has 0 amide bonds. The first kappa shape index (κ1) is 16.4. The Morgan fingerprint density at radius 2 is 1.63 bits per heavy atom. The average molecular weight is 286 g/mol. The minimum Gasteiger partial charge on any atom is -0.744 e. The van der Waals surface area contributed by atoms with Crippen molar-refractivity contribution in [1.29, 1.82) is 0 Å². The molecule has 94 valence electrons. The molecule has 1 unspecified atom stereocenters. The van der Waals surface area contributed by atoms with Gasteiger partial charge in [0.15, 0.2) is 0 Å². The smallest absolute Gasteiger partial charge is 0.744 e. The van der Waals surface area contributed by atoms with Gasteiger partial charge in [-0.2, -0.15) is 0 Å². The van der Waals surface area contributed by atoms with E-state index in [-0.39, 0.29) is 23.8 Å². The van der Waals surface area contributed by atoms with Gasteiger partial charge < -0.3 is 4.55 Å². The van der Waals surface area contributed by atoms with Crippen LogP contribution in [0.1, 0.15) is 5.56 Å². The minimum atomic E-state index is -4.44. The molecule has 1 atom stereocenters. The molecule has 2 aromatic carbocycles. The summed E-state index contributed by atoms with van der Waals surface area (Å²) in [6, 6.07) is 12.4. The zero-order chi connectivity index (χ0) is 13.3. The van der Waals surface area contributed by atoms with E-state index in [1.54, 1.807) is 12.1 Å². The van der Waals surface area contributed by atoms with Gasteiger partial charge in [0.25, 0.3) is 0 Å². The summed E-state index contributed by atoms with van der Waals surface area (Å²) < 4.78 is 33.4. The molecule has 2 aromatic rings. The average Bonchev–Trinajstić information content (AvgIpc) is 2.29. The van der Waals surface area contributed by atoms with Gasteiger partial charge in [-0.3, -0.25) is 0 Å². The summed E-state index contributed by atoms with van der Waals surface area (Å²) in [5.41, 5.74) is 2.74. The SMILES string of the molecule is Cc1ccc(-c2cccc(S(=O)(=O)[O-])c2P)cc1.[Li+]. The second kappa shape index (κ2) is 6.22. The maximum Gasteiger partial charge on any atom is 1.00 e. The Hall–Kier alpha value is -0.623. The van der Waals surface area contributed by atoms with E-state index < -0.39 is 10.1 Å². The Balaban J connectivity index is 0.00000180. The van der Waals surface area contributed by atoms with Gasteiger partial charge in [0, 0.05) is 0 Å². The quantitative estimate of drug-likeness (QED) is 0.407. The minimum absolute atomic E-state index is 0. The molecule has 0 aromatic heterocycles. The van der Waals surface area contributed by atoms with Crippen LogP contribution in [0.2, 0.25) is 0 Å². The molecule has 6 heteroatoms. The van der Waals surface area contributed by atoms with E-state index in [1.807, 2.05) is 31.2 Å². The molecule has 0 bridgehead atoms. The van der Waals surface area contributed by atoms with Crippen LogP contribution in [0.15, 0.2) is 47.4 Å². The molecular formula is C13H12LiO3PS. The summed E-state index contributed by atoms with van der Waals surface area (Å²) in [6.07, 6.45) is 0. The van der Waals surface area contributed by atoms with Crippen molar-refractivity contribution in [1.82, 2.24) is 0 Å². The van der Waals surface area contributed by atoms with Crippen molar-refractivity contribution in [2.45, 2.75) is 11.8 Å². The van der Waals surface area contributed by atoms with Crippen LogP contribution < -0.4 is 24.2 Å². The largest absolute Gasteiger partial charge is 1.00 e. The number of hydrogen-bond donors (Lipinski definition) is 0. The fraction of sp³-hybridized carbons (Fsp3) is 0.0769. The summed E-state index contributed by atoms with van der Waals surface area (Å²) in [4.78, 5) is -0.189. The second-order valence-corrected chi connectivity index (χ2v) is 5.96. The van der Waals surface area contributed by atoms with E-state index in [9.17, 15) is 13.0 Å². The normalized spacial score (nSPS) is 10.9. The van der Waals surface area contributed by atoms with Gasteiger partial charge in [-0.25, -0.2) is 8.42 Å². The summed E-state index contributed by atoms with van der Waals surface area (Å²) in [7, 11) is -2.11. The first-order chi connectivity index (χ1) is 8.39. The number of aryl methyl sites for hydroxylation is 1. The van der Waals surface area contributed by atoms with Crippen LogP contribution in [0.25, 0.3) is 11.1 Å². The molecule has 0 N–H and O–H groups in total. The van der Waals surface area contributed by atoms with E-state index >= 15 is 0 Å². The molecule has 0 saturated carbocycles. The summed E-state index contributed by atoms with van der Waals surface area (Å²) in [5.74, 6) is 0. The van der Waals surface area contributed by atoms with Gasteiger partial charge in [0.05, 0.1) is 4.90 Å². The van der Waals surface area contributed by atoms with Crippen LogP contribution in [-0.2, 0) is 10.1 Å². The first-order valence-electron chi connectivity index (χ1n) is 5.31. The Bertz CT molecular complexity index is 682. The third-order valence-corrected chi connectivity index (χ3v) is 4.42. The van der Waals surface area contributed by atoms with Gasteiger partial charge >= 0.3 is 18.9 Å². The maximum atomic E-state index is 11.1. The molecule has 0 saturated heterocycles. The Labute approximate surface area is 127 Å². The van der Waals surface area contributed by atoms with Gasteiger partial charge in [-0.1, -0.05) is 42.0 Å². The van der Waals surface area contributed by atoms with E-state index in [1.165, 1.54) is 6.07 Å². The molecule has 3 nitrogen and oxygen atoms in total. The first-order valence-corrected chi connectivity index (χ1v) is 7.29. The van der Waals surface area contributed by atoms with Gasteiger partial charge in [0.1, 0.15) is 10.1 Å². The van der Waals surface area contributed by atoms with Crippen LogP contribution in [0.5, 0.6) is 0 Å². The molecular weight excluding hydrogens is 274 g/mol. The summed E-state index contributed by atoms with van der Waals surface area (Å²) in [6.45, 7) is 1.98. The Morgan fingerprint density at radius 1 is 1.05 bits per heavy atom. The summed E-state index contributed by atoms with van der Waals surface area (Å²) >= 11 is 0. The van der Waals surface area contributed by atoms with Crippen molar-refractivity contribution in [3.05, 3.63) is 48.0 Å². The fourth-order valence-corrected chi connectivity index (χ4v) is 3.16. The van der Waals surface area contributed by atoms with Crippen molar-refractivity contribution in [3.8, 4) is 11.1 Å². The molecule has 0 fully saturated rings. The third kappa shape index (κ3) is 3.69. The molecule has 0 spiro atoms. The number of hydrogen-bond acceptors (Lipinski definition) is 3. The number of rotatable bonds is 2. The van der Waals surface area contributed by atoms with Crippen LogP contribution >= 0.6 is 9.24 Å². The maximum absolute atomic E-state index is 11.1. The van der Waals surface area contributed by atoms with Gasteiger partial charge in [-0.15, -0.1) is 9.24 Å². The second-order valence-electron chi connectivity index (χ2n) is 4.04. The molecule has 0 aliphatic heterocycles. The fourth-order valence-electron chi connectivity index (χ4n) is 1.75. The predicted octanol–water partition coefficient (Wildman–Crippen LogP) is -0.929. The van der Waals surface area contributed by atoms with Crippen LogP contribution in [0.3, 0.4) is 0 Å². The van der Waals surface area contributed by atoms with Crippen molar-refractivity contribution in [3.63, 3.8) is 0 Å². The van der Waals surface area contributed by atoms with E-state index in [2.05, 4.69) is 9.24 Å². The molecule has 19 heavy (non-hydrogen) atoms. The van der Waals surface area contributed by atoms with Crippen molar-refractivity contribution < 1.29 is 31.8 Å². The van der Waals surface area contributed by atoms with Gasteiger partial charge in [-0.05, 0) is 29.4 Å². The zero-order valence-electron chi connectivity index (χ0n) is 10.8. The van der Waals surface area contributed by atoms with E-state index in [4.69, 9.17) is 0 Å². The zero-order valence-corrected chi connectivity index (χ0v) is 12.7. The predicted molar refractivity (Wildman–Crippen MR) is 73.9 cm³/mol. The molecule has 0 aliphatic rings. The third-order valence-electron chi connectivity index (χ3n) is 2.70. The molecule has 2 rings (SSSR count). The number of benzene rings is 2. The van der Waals surface area contributed by atoms with Crippen molar-refractivity contribution in [2.75, 3.05) is 0 Å². The topological polar surface area (TPSA) is 57.2 Å². The standard InChI is InChI=1S/C13H13O3PS.Li/c1-9-5-7-10(8-6-9)11-3-2-4-12(13(11)17)18(14,15)16;/h2-8H,17H2,1H3,(H,14,15,16);/q;+1/p-1. The van der Waals surface area contributed by atoms with Gasteiger partial charge in [0.2, 0.25) is 0 Å². The van der Waals surface area contributed by atoms with Crippen molar-refractivity contribution in [2.24, 2.45) is 0 Å². The van der Waals surface area contributed by atoms with E-state index in [0.29, 0.717) is 5.30 Å². The molecule has 0 heterocycles. The van der Waals surface area contributed by atoms with E-state index in [0.717, 1.165) is 16.7 Å². The Kier molecular flexibility index (Phi) is 5.38. The van der Waals surface area contributed by atoms with Crippen molar-refractivity contribution >= 4 is 24.7 Å². The monoisotopic (exact) mass is 286 g/mol. The Morgan fingerprint density at radius 3 is 2.16 bits per heavy atom. The van der Waals surface area contributed by atoms with Crippen LogP contribution in [0.4, 0.5) is 0 Å². The van der Waals surface area contributed by atoms with Crippen LogP contribution in [-0.4, -0.2) is 13.0 Å². The molecule has 0 aliphatic carbocycles. The molecule has 0 radical (unpaired) electrons. The van der Waals surface area contributed by atoms with Crippen LogP contribution in [0, 0.1) is 6.92 Å². The summed E-state index contributed by atoms with van der Waals surface area (Å²) in [5, 5.41) is 0.413.